The molecular weight excluding hydrogens is 374 g/mol. The number of nitrogens with zero attached hydrogens (tertiary/aromatic N) is 3. The van der Waals surface area contributed by atoms with Gasteiger partial charge in [0.05, 0.1) is 17.5 Å². The molecule has 2 atom stereocenters. The number of aliphatic hydroxyl groups is 1. The van der Waals surface area contributed by atoms with Crippen LogP contribution < -0.4 is 20.1 Å². The Hall–Kier alpha value is -2.36. The standard InChI is InChI=1S/C17H21N5O4.ClH/c1-10-16(17(24)19-8-11-7-18-9-13(11)23)20-21-22(10)12-2-3-14-15(6-12)26-5-4-25-14;/h2-3,6,11,13,18,23H,4-5,7-9H2,1H3,(H,19,24);1H. The van der Waals surface area contributed by atoms with Crippen LogP contribution in [0.4, 0.5) is 0 Å². The SMILES string of the molecule is Cc1c(C(=O)NCC2CNCC2O)nnn1-c1ccc2c(c1)OCCO2.Cl. The minimum atomic E-state index is -0.440. The number of fused-ring (bicyclic) bond motifs is 1. The molecule has 4 rings (SSSR count). The van der Waals surface area contributed by atoms with Gasteiger partial charge >= 0.3 is 0 Å². The van der Waals surface area contributed by atoms with Gasteiger partial charge in [0.2, 0.25) is 0 Å². The van der Waals surface area contributed by atoms with Crippen LogP contribution in [0.5, 0.6) is 11.5 Å². The van der Waals surface area contributed by atoms with Crippen LogP contribution in [-0.4, -0.2) is 65.0 Å². The van der Waals surface area contributed by atoms with Gasteiger partial charge in [-0.3, -0.25) is 4.79 Å². The fourth-order valence-corrected chi connectivity index (χ4v) is 3.18. The molecule has 10 heteroatoms. The van der Waals surface area contributed by atoms with Crippen LogP contribution in [-0.2, 0) is 0 Å². The van der Waals surface area contributed by atoms with E-state index in [2.05, 4.69) is 20.9 Å². The summed E-state index contributed by atoms with van der Waals surface area (Å²) in [6.45, 7) is 4.46. The Morgan fingerprint density at radius 1 is 1.33 bits per heavy atom. The van der Waals surface area contributed by atoms with E-state index in [9.17, 15) is 9.90 Å². The van der Waals surface area contributed by atoms with E-state index in [4.69, 9.17) is 9.47 Å². The lowest BCUT2D eigenvalue weighted by atomic mass is 10.1. The third-order valence-electron chi connectivity index (χ3n) is 4.71. The Balaban J connectivity index is 0.00000210. The summed E-state index contributed by atoms with van der Waals surface area (Å²) in [6.07, 6.45) is -0.440. The summed E-state index contributed by atoms with van der Waals surface area (Å²) >= 11 is 0. The van der Waals surface area contributed by atoms with Crippen LogP contribution in [0.2, 0.25) is 0 Å². The number of hydrogen-bond donors (Lipinski definition) is 3. The van der Waals surface area contributed by atoms with E-state index in [1.165, 1.54) is 0 Å². The maximum Gasteiger partial charge on any atom is 0.273 e. The van der Waals surface area contributed by atoms with Crippen molar-refractivity contribution in [3.05, 3.63) is 29.6 Å². The Bertz CT molecular complexity index is 828. The van der Waals surface area contributed by atoms with E-state index in [0.29, 0.717) is 50.0 Å². The van der Waals surface area contributed by atoms with E-state index < -0.39 is 6.10 Å². The highest BCUT2D eigenvalue weighted by molar-refractivity contribution is 5.93. The predicted octanol–water partition coefficient (Wildman–Crippen LogP) is 0.0788. The molecule has 0 saturated carbocycles. The van der Waals surface area contributed by atoms with E-state index in [-0.39, 0.29) is 29.9 Å². The predicted molar refractivity (Wildman–Crippen MR) is 99.0 cm³/mol. The van der Waals surface area contributed by atoms with E-state index in [1.54, 1.807) is 11.6 Å². The molecule has 9 nitrogen and oxygen atoms in total. The zero-order valence-electron chi connectivity index (χ0n) is 14.8. The average Bonchev–Trinajstić information content (AvgIpc) is 3.25. The number of aliphatic hydroxyl groups excluding tert-OH is 1. The van der Waals surface area contributed by atoms with Crippen LogP contribution >= 0.6 is 12.4 Å². The molecule has 2 aliphatic heterocycles. The second-order valence-corrected chi connectivity index (χ2v) is 6.46. The highest BCUT2D eigenvalue weighted by atomic mass is 35.5. The molecule has 3 heterocycles. The first-order valence-electron chi connectivity index (χ1n) is 8.63. The third-order valence-corrected chi connectivity index (χ3v) is 4.71. The minimum Gasteiger partial charge on any atom is -0.486 e. The summed E-state index contributed by atoms with van der Waals surface area (Å²) in [4.78, 5) is 12.4. The molecular formula is C17H22ClN5O4. The van der Waals surface area contributed by atoms with Crippen LogP contribution in [0.1, 0.15) is 16.2 Å². The number of carbonyl (C=O) groups excluding carboxylic acids is 1. The lowest BCUT2D eigenvalue weighted by Crippen LogP contribution is -2.34. The topological polar surface area (TPSA) is 111 Å². The van der Waals surface area contributed by atoms with Crippen LogP contribution in [0.3, 0.4) is 0 Å². The summed E-state index contributed by atoms with van der Waals surface area (Å²) in [5.41, 5.74) is 1.64. The average molecular weight is 396 g/mol. The molecule has 1 saturated heterocycles. The van der Waals surface area contributed by atoms with Crippen molar-refractivity contribution >= 4 is 18.3 Å². The molecule has 27 heavy (non-hydrogen) atoms. The number of carbonyl (C=O) groups is 1. The van der Waals surface area contributed by atoms with Crippen molar-refractivity contribution in [2.75, 3.05) is 32.8 Å². The van der Waals surface area contributed by atoms with E-state index >= 15 is 0 Å². The van der Waals surface area contributed by atoms with Gasteiger partial charge in [-0.05, 0) is 19.1 Å². The van der Waals surface area contributed by atoms with Crippen molar-refractivity contribution in [3.8, 4) is 17.2 Å². The number of rotatable bonds is 4. The lowest BCUT2D eigenvalue weighted by Gasteiger charge is -2.18. The van der Waals surface area contributed by atoms with Gasteiger partial charge in [-0.25, -0.2) is 4.68 Å². The molecule has 1 amide bonds. The van der Waals surface area contributed by atoms with Crippen molar-refractivity contribution in [1.82, 2.24) is 25.6 Å². The lowest BCUT2D eigenvalue weighted by molar-refractivity contribution is 0.0921. The van der Waals surface area contributed by atoms with Gasteiger partial charge in [-0.15, -0.1) is 17.5 Å². The number of benzene rings is 1. The van der Waals surface area contributed by atoms with E-state index in [1.807, 2.05) is 18.2 Å². The second-order valence-electron chi connectivity index (χ2n) is 6.46. The van der Waals surface area contributed by atoms with Crippen LogP contribution in [0.25, 0.3) is 5.69 Å². The van der Waals surface area contributed by atoms with Gasteiger partial charge in [0.1, 0.15) is 13.2 Å². The minimum absolute atomic E-state index is 0. The van der Waals surface area contributed by atoms with Crippen molar-refractivity contribution in [3.63, 3.8) is 0 Å². The van der Waals surface area contributed by atoms with Gasteiger partial charge in [-0.1, -0.05) is 5.21 Å². The Kier molecular flexibility index (Phi) is 5.83. The molecule has 3 N–H and O–H groups in total. The fraction of sp³-hybridized carbons (Fsp3) is 0.471. The van der Waals surface area contributed by atoms with Crippen molar-refractivity contribution < 1.29 is 19.4 Å². The summed E-state index contributed by atoms with van der Waals surface area (Å²) < 4.78 is 12.7. The number of hydrogen-bond acceptors (Lipinski definition) is 7. The van der Waals surface area contributed by atoms with Gasteiger partial charge in [-0.2, -0.15) is 0 Å². The van der Waals surface area contributed by atoms with Gasteiger partial charge < -0.3 is 25.2 Å². The van der Waals surface area contributed by atoms with Crippen LogP contribution in [0, 0.1) is 12.8 Å². The largest absolute Gasteiger partial charge is 0.486 e. The normalized spacial score (nSPS) is 20.8. The van der Waals surface area contributed by atoms with Gasteiger partial charge in [0.15, 0.2) is 17.2 Å². The molecule has 2 aliphatic rings. The van der Waals surface area contributed by atoms with Crippen molar-refractivity contribution in [1.29, 1.82) is 0 Å². The molecule has 0 bridgehead atoms. The fourth-order valence-electron chi connectivity index (χ4n) is 3.18. The number of ether oxygens (including phenoxy) is 2. The number of β-amino-alcohol motifs (C(OH)–C–C–N with tert-alkyl or cyclic N) is 1. The first kappa shape index (κ1) is 19.4. The first-order valence-corrected chi connectivity index (χ1v) is 8.63. The summed E-state index contributed by atoms with van der Waals surface area (Å²) in [7, 11) is 0. The molecule has 0 radical (unpaired) electrons. The Labute approximate surface area is 162 Å². The quantitative estimate of drug-likeness (QED) is 0.672. The summed E-state index contributed by atoms with van der Waals surface area (Å²) in [5, 5.41) is 23.8. The molecule has 146 valence electrons. The number of halogens is 1. The number of aromatic nitrogens is 3. The third kappa shape index (κ3) is 3.85. The molecule has 2 unspecified atom stereocenters. The van der Waals surface area contributed by atoms with Gasteiger partial charge in [0, 0.05) is 31.6 Å². The highest BCUT2D eigenvalue weighted by Gasteiger charge is 2.26. The number of amides is 1. The molecule has 0 aliphatic carbocycles. The van der Waals surface area contributed by atoms with Crippen molar-refractivity contribution in [2.24, 2.45) is 5.92 Å². The zero-order chi connectivity index (χ0) is 18.1. The zero-order valence-corrected chi connectivity index (χ0v) is 15.7. The number of nitrogens with one attached hydrogen (secondary N) is 2. The van der Waals surface area contributed by atoms with Gasteiger partial charge in [0.25, 0.3) is 5.91 Å². The monoisotopic (exact) mass is 395 g/mol. The first-order chi connectivity index (χ1) is 12.6. The smallest absolute Gasteiger partial charge is 0.273 e. The molecule has 1 fully saturated rings. The Morgan fingerprint density at radius 2 is 2.11 bits per heavy atom. The van der Waals surface area contributed by atoms with Crippen molar-refractivity contribution in [2.45, 2.75) is 13.0 Å². The molecule has 2 aromatic rings. The van der Waals surface area contributed by atoms with Crippen LogP contribution in [0.15, 0.2) is 18.2 Å². The molecule has 1 aromatic carbocycles. The maximum absolute atomic E-state index is 12.4. The maximum atomic E-state index is 12.4. The van der Waals surface area contributed by atoms with E-state index in [0.717, 1.165) is 5.69 Å². The molecule has 0 spiro atoms. The molecule has 1 aromatic heterocycles. The Morgan fingerprint density at radius 3 is 2.85 bits per heavy atom. The highest BCUT2D eigenvalue weighted by Crippen LogP contribution is 2.32. The summed E-state index contributed by atoms with van der Waals surface area (Å²) in [6, 6.07) is 5.48. The second kappa shape index (κ2) is 8.12. The summed E-state index contributed by atoms with van der Waals surface area (Å²) in [5.74, 6) is 1.05.